The molecule has 0 spiro atoms. The van der Waals surface area contributed by atoms with Crippen LogP contribution in [-0.4, -0.2) is 47.8 Å². The summed E-state index contributed by atoms with van der Waals surface area (Å²) in [5.74, 6) is -0.238. The monoisotopic (exact) mass is 319 g/mol. The molecular formula is C18H26FN3O. The second-order valence-electron chi connectivity index (χ2n) is 6.77. The standard InChI is InChI=1S/C18H26FN3O/c1-2-18(23)7-11-21(12-8-18)15-5-9-22(10-6-15)17-4-3-14(20)13-16(17)19/h2-4,13,15,23H,1,5-12,20H2. The first-order valence-electron chi connectivity index (χ1n) is 8.41. The van der Waals surface area contributed by atoms with Gasteiger partial charge in [-0.25, -0.2) is 4.39 Å². The number of anilines is 2. The van der Waals surface area contributed by atoms with Gasteiger partial charge in [0.05, 0.1) is 11.3 Å². The van der Waals surface area contributed by atoms with Crippen LogP contribution in [0.5, 0.6) is 0 Å². The lowest BCUT2D eigenvalue weighted by atomic mass is 9.89. The Hall–Kier alpha value is -1.59. The van der Waals surface area contributed by atoms with Crippen molar-refractivity contribution in [3.63, 3.8) is 0 Å². The van der Waals surface area contributed by atoms with Crippen molar-refractivity contribution in [2.45, 2.75) is 37.3 Å². The summed E-state index contributed by atoms with van der Waals surface area (Å²) in [5, 5.41) is 10.2. The highest BCUT2D eigenvalue weighted by molar-refractivity contribution is 5.54. The van der Waals surface area contributed by atoms with E-state index in [0.717, 1.165) is 51.9 Å². The normalized spacial score (nSPS) is 23.0. The third-order valence-electron chi connectivity index (χ3n) is 5.34. The first-order valence-corrected chi connectivity index (χ1v) is 8.41. The predicted molar refractivity (Wildman–Crippen MR) is 92.0 cm³/mol. The van der Waals surface area contributed by atoms with Crippen molar-refractivity contribution in [2.75, 3.05) is 36.8 Å². The maximum Gasteiger partial charge on any atom is 0.148 e. The van der Waals surface area contributed by atoms with Crippen LogP contribution >= 0.6 is 0 Å². The Kier molecular flexibility index (Phi) is 4.60. The Morgan fingerprint density at radius 2 is 1.87 bits per heavy atom. The molecule has 0 unspecified atom stereocenters. The number of hydrogen-bond donors (Lipinski definition) is 2. The number of aliphatic hydroxyl groups is 1. The minimum Gasteiger partial charge on any atom is -0.399 e. The molecule has 0 radical (unpaired) electrons. The lowest BCUT2D eigenvalue weighted by Crippen LogP contribution is -2.51. The largest absolute Gasteiger partial charge is 0.399 e. The molecule has 1 aromatic carbocycles. The Morgan fingerprint density at radius 1 is 1.22 bits per heavy atom. The number of nitrogens with two attached hydrogens (primary N) is 1. The second-order valence-corrected chi connectivity index (χ2v) is 6.77. The van der Waals surface area contributed by atoms with Gasteiger partial charge in [-0.05, 0) is 43.9 Å². The topological polar surface area (TPSA) is 52.7 Å². The van der Waals surface area contributed by atoms with Gasteiger partial charge in [-0.15, -0.1) is 6.58 Å². The molecule has 0 amide bonds. The van der Waals surface area contributed by atoms with Gasteiger partial charge in [-0.1, -0.05) is 6.08 Å². The Labute approximate surface area is 137 Å². The zero-order chi connectivity index (χ0) is 16.4. The van der Waals surface area contributed by atoms with Gasteiger partial charge < -0.3 is 20.6 Å². The Bertz CT molecular complexity index is 561. The van der Waals surface area contributed by atoms with E-state index in [0.29, 0.717) is 17.4 Å². The van der Waals surface area contributed by atoms with Crippen LogP contribution in [0.25, 0.3) is 0 Å². The highest BCUT2D eigenvalue weighted by Crippen LogP contribution is 2.30. The number of benzene rings is 1. The lowest BCUT2D eigenvalue weighted by Gasteiger charge is -2.44. The van der Waals surface area contributed by atoms with Crippen molar-refractivity contribution in [1.29, 1.82) is 0 Å². The van der Waals surface area contributed by atoms with E-state index in [1.807, 2.05) is 0 Å². The molecule has 5 heteroatoms. The molecule has 3 N–H and O–H groups in total. The minimum atomic E-state index is -0.690. The SMILES string of the molecule is C=CC1(O)CCN(C2CCN(c3ccc(N)cc3F)CC2)CC1. The molecule has 2 fully saturated rings. The van der Waals surface area contributed by atoms with Crippen LogP contribution in [0, 0.1) is 5.82 Å². The van der Waals surface area contributed by atoms with E-state index in [1.165, 1.54) is 6.07 Å². The molecule has 2 aliphatic heterocycles. The van der Waals surface area contributed by atoms with Crippen LogP contribution in [0.2, 0.25) is 0 Å². The van der Waals surface area contributed by atoms with E-state index in [4.69, 9.17) is 5.73 Å². The number of hydrogen-bond acceptors (Lipinski definition) is 4. The zero-order valence-electron chi connectivity index (χ0n) is 13.5. The van der Waals surface area contributed by atoms with E-state index in [-0.39, 0.29) is 5.82 Å². The fraction of sp³-hybridized carbons (Fsp3) is 0.556. The molecule has 4 nitrogen and oxygen atoms in total. The molecule has 0 aliphatic carbocycles. The molecular weight excluding hydrogens is 293 g/mol. The average molecular weight is 319 g/mol. The molecule has 1 aromatic rings. The van der Waals surface area contributed by atoms with E-state index < -0.39 is 5.60 Å². The Morgan fingerprint density at radius 3 is 2.43 bits per heavy atom. The highest BCUT2D eigenvalue weighted by Gasteiger charge is 2.33. The van der Waals surface area contributed by atoms with Gasteiger partial charge in [0.1, 0.15) is 5.82 Å². The quantitative estimate of drug-likeness (QED) is 0.663. The molecule has 126 valence electrons. The lowest BCUT2D eigenvalue weighted by molar-refractivity contribution is 0.00235. The zero-order valence-corrected chi connectivity index (χ0v) is 13.5. The van der Waals surface area contributed by atoms with Gasteiger partial charge in [0, 0.05) is 37.9 Å². The molecule has 3 rings (SSSR count). The van der Waals surface area contributed by atoms with Gasteiger partial charge in [0.15, 0.2) is 0 Å². The van der Waals surface area contributed by atoms with Crippen molar-refractivity contribution in [1.82, 2.24) is 4.90 Å². The maximum atomic E-state index is 14.0. The van der Waals surface area contributed by atoms with Crippen LogP contribution in [0.1, 0.15) is 25.7 Å². The van der Waals surface area contributed by atoms with Crippen molar-refractivity contribution in [3.05, 3.63) is 36.7 Å². The first kappa shape index (κ1) is 16.3. The molecule has 0 bridgehead atoms. The van der Waals surface area contributed by atoms with E-state index >= 15 is 0 Å². The van der Waals surface area contributed by atoms with Crippen LogP contribution in [0.3, 0.4) is 0 Å². The molecule has 23 heavy (non-hydrogen) atoms. The first-order chi connectivity index (χ1) is 11.0. The molecule has 2 saturated heterocycles. The molecule has 0 aromatic heterocycles. The molecule has 0 saturated carbocycles. The van der Waals surface area contributed by atoms with Crippen LogP contribution < -0.4 is 10.6 Å². The summed E-state index contributed by atoms with van der Waals surface area (Å²) in [6.45, 7) is 7.25. The highest BCUT2D eigenvalue weighted by atomic mass is 19.1. The average Bonchev–Trinajstić information content (AvgIpc) is 2.56. The molecule has 2 aliphatic rings. The summed E-state index contributed by atoms with van der Waals surface area (Å²) in [6.07, 6.45) is 5.23. The van der Waals surface area contributed by atoms with E-state index in [9.17, 15) is 9.50 Å². The minimum absolute atomic E-state index is 0.238. The van der Waals surface area contributed by atoms with Gasteiger partial charge >= 0.3 is 0 Å². The molecule has 2 heterocycles. The number of halogens is 1. The van der Waals surface area contributed by atoms with E-state index in [1.54, 1.807) is 18.2 Å². The third-order valence-corrected chi connectivity index (χ3v) is 5.34. The summed E-state index contributed by atoms with van der Waals surface area (Å²) in [5.41, 5.74) is 6.04. The van der Waals surface area contributed by atoms with E-state index in [2.05, 4.69) is 16.4 Å². The van der Waals surface area contributed by atoms with Crippen LogP contribution in [0.4, 0.5) is 15.8 Å². The summed E-state index contributed by atoms with van der Waals surface area (Å²) in [7, 11) is 0. The summed E-state index contributed by atoms with van der Waals surface area (Å²) < 4.78 is 14.0. The maximum absolute atomic E-state index is 14.0. The van der Waals surface area contributed by atoms with Crippen LogP contribution in [0.15, 0.2) is 30.9 Å². The number of nitrogen functional groups attached to an aromatic ring is 1. The Balaban J connectivity index is 1.56. The second kappa shape index (κ2) is 6.49. The summed E-state index contributed by atoms with van der Waals surface area (Å²) in [4.78, 5) is 4.57. The van der Waals surface area contributed by atoms with Crippen LogP contribution in [-0.2, 0) is 0 Å². The van der Waals surface area contributed by atoms with Crippen molar-refractivity contribution in [3.8, 4) is 0 Å². The fourth-order valence-corrected chi connectivity index (χ4v) is 3.73. The van der Waals surface area contributed by atoms with Gasteiger partial charge in [-0.2, -0.15) is 0 Å². The molecule has 0 atom stereocenters. The number of piperidine rings is 2. The third kappa shape index (κ3) is 3.51. The van der Waals surface area contributed by atoms with Crippen molar-refractivity contribution < 1.29 is 9.50 Å². The van der Waals surface area contributed by atoms with Gasteiger partial charge in [0.25, 0.3) is 0 Å². The fourth-order valence-electron chi connectivity index (χ4n) is 3.73. The number of nitrogens with zero attached hydrogens (tertiary/aromatic N) is 2. The van der Waals surface area contributed by atoms with Gasteiger partial charge in [-0.3, -0.25) is 0 Å². The number of likely N-dealkylation sites (tertiary alicyclic amines) is 1. The smallest absolute Gasteiger partial charge is 0.148 e. The summed E-state index contributed by atoms with van der Waals surface area (Å²) in [6, 6.07) is 5.45. The van der Waals surface area contributed by atoms with Crippen molar-refractivity contribution in [2.24, 2.45) is 0 Å². The van der Waals surface area contributed by atoms with Gasteiger partial charge in [0.2, 0.25) is 0 Å². The van der Waals surface area contributed by atoms with Crippen molar-refractivity contribution >= 4 is 11.4 Å². The number of rotatable bonds is 3. The summed E-state index contributed by atoms with van der Waals surface area (Å²) >= 11 is 0. The predicted octanol–water partition coefficient (Wildman–Crippen LogP) is 2.39.